The Bertz CT molecular complexity index is 1410. The molecule has 0 amide bonds. The Morgan fingerprint density at radius 2 is 1.88 bits per heavy atom. The standard InChI is InChI=1S/C22H24F3N5O3S/c1-12(14-5-4-6-16(18(14)23)22(2,24)25)26-20-15-11-17(13-7-9-34(32,33)10-8-13)27-28-19(15)21(31)30(3)29-20/h4-6,11-13H,7-10H2,1-3H3,(H,26,29)/t12-/m1/s1. The van der Waals surface area contributed by atoms with Crippen LogP contribution in [0.5, 0.6) is 0 Å². The molecule has 182 valence electrons. The summed E-state index contributed by atoms with van der Waals surface area (Å²) < 4.78 is 67.1. The molecule has 1 aromatic carbocycles. The van der Waals surface area contributed by atoms with Crippen LogP contribution in [-0.2, 0) is 22.8 Å². The minimum atomic E-state index is -3.35. The molecule has 0 bridgehead atoms. The van der Waals surface area contributed by atoms with Gasteiger partial charge in [-0.15, -0.1) is 5.10 Å². The van der Waals surface area contributed by atoms with Crippen LogP contribution in [0.25, 0.3) is 10.9 Å². The highest BCUT2D eigenvalue weighted by atomic mass is 32.2. The number of halogens is 3. The van der Waals surface area contributed by atoms with Crippen LogP contribution in [0, 0.1) is 5.82 Å². The average molecular weight is 496 g/mol. The molecule has 3 aromatic rings. The minimum absolute atomic E-state index is 0.0163. The molecular formula is C22H24F3N5O3S. The van der Waals surface area contributed by atoms with E-state index in [1.807, 2.05) is 0 Å². The predicted octanol–water partition coefficient (Wildman–Crippen LogP) is 3.44. The Balaban J connectivity index is 1.74. The molecule has 0 unspecified atom stereocenters. The van der Waals surface area contributed by atoms with Crippen LogP contribution < -0.4 is 10.9 Å². The van der Waals surface area contributed by atoms with E-state index in [1.165, 1.54) is 19.2 Å². The van der Waals surface area contributed by atoms with Gasteiger partial charge in [-0.1, -0.05) is 18.2 Å². The first-order valence-corrected chi connectivity index (χ1v) is 12.6. The van der Waals surface area contributed by atoms with Crippen LogP contribution in [-0.4, -0.2) is 39.9 Å². The lowest BCUT2D eigenvalue weighted by molar-refractivity contribution is 0.0136. The number of nitrogens with zero attached hydrogens (tertiary/aromatic N) is 4. The van der Waals surface area contributed by atoms with Crippen molar-refractivity contribution in [1.29, 1.82) is 0 Å². The number of fused-ring (bicyclic) bond motifs is 1. The summed E-state index contributed by atoms with van der Waals surface area (Å²) >= 11 is 0. The van der Waals surface area contributed by atoms with Crippen molar-refractivity contribution >= 4 is 26.6 Å². The normalized spacial score (nSPS) is 17.6. The maximum atomic E-state index is 14.9. The summed E-state index contributed by atoms with van der Waals surface area (Å²) in [5.74, 6) is -4.21. The molecule has 2 aromatic heterocycles. The number of rotatable bonds is 5. The van der Waals surface area contributed by atoms with E-state index < -0.39 is 38.7 Å². The number of anilines is 1. The van der Waals surface area contributed by atoms with E-state index in [4.69, 9.17) is 0 Å². The number of sulfone groups is 1. The molecule has 1 saturated heterocycles. The van der Waals surface area contributed by atoms with E-state index >= 15 is 0 Å². The van der Waals surface area contributed by atoms with E-state index in [0.717, 1.165) is 10.7 Å². The van der Waals surface area contributed by atoms with Crippen molar-refractivity contribution in [3.8, 4) is 0 Å². The van der Waals surface area contributed by atoms with Crippen LogP contribution in [0.1, 0.15) is 55.5 Å². The summed E-state index contributed by atoms with van der Waals surface area (Å²) in [7, 11) is -1.64. The number of aryl methyl sites for hydroxylation is 1. The van der Waals surface area contributed by atoms with Crippen LogP contribution in [0.4, 0.5) is 19.0 Å². The van der Waals surface area contributed by atoms with E-state index in [2.05, 4.69) is 20.6 Å². The summed E-state index contributed by atoms with van der Waals surface area (Å²) in [6, 6.07) is 4.67. The van der Waals surface area contributed by atoms with Crippen LogP contribution in [0.3, 0.4) is 0 Å². The first kappa shape index (κ1) is 24.1. The molecule has 34 heavy (non-hydrogen) atoms. The molecule has 1 aliphatic rings. The highest BCUT2D eigenvalue weighted by Gasteiger charge is 2.31. The fourth-order valence-corrected chi connectivity index (χ4v) is 5.64. The molecule has 4 rings (SSSR count). The Morgan fingerprint density at radius 1 is 1.21 bits per heavy atom. The van der Waals surface area contributed by atoms with Crippen molar-refractivity contribution in [2.45, 2.75) is 44.6 Å². The molecule has 0 saturated carbocycles. The lowest BCUT2D eigenvalue weighted by Crippen LogP contribution is -2.25. The average Bonchev–Trinajstić information content (AvgIpc) is 2.76. The van der Waals surface area contributed by atoms with E-state index in [9.17, 15) is 26.4 Å². The molecule has 12 heteroatoms. The molecular weight excluding hydrogens is 471 g/mol. The highest BCUT2D eigenvalue weighted by Crippen LogP contribution is 2.34. The van der Waals surface area contributed by atoms with Gasteiger partial charge in [0.2, 0.25) is 0 Å². The van der Waals surface area contributed by atoms with Gasteiger partial charge < -0.3 is 5.32 Å². The molecule has 1 atom stereocenters. The third-order valence-corrected chi connectivity index (χ3v) is 7.82. The second kappa shape index (κ2) is 8.64. The second-order valence-corrected chi connectivity index (χ2v) is 11.0. The summed E-state index contributed by atoms with van der Waals surface area (Å²) in [6.07, 6.45) is 0.784. The van der Waals surface area contributed by atoms with Gasteiger partial charge in [-0.2, -0.15) is 10.2 Å². The quantitative estimate of drug-likeness (QED) is 0.578. The summed E-state index contributed by atoms with van der Waals surface area (Å²) in [5, 5.41) is 15.8. The molecule has 1 fully saturated rings. The molecule has 1 N–H and O–H groups in total. The number of alkyl halides is 2. The number of hydrogen-bond acceptors (Lipinski definition) is 7. The molecule has 0 aliphatic carbocycles. The zero-order chi connectivity index (χ0) is 24.8. The van der Waals surface area contributed by atoms with Crippen molar-refractivity contribution in [1.82, 2.24) is 20.0 Å². The zero-order valence-electron chi connectivity index (χ0n) is 18.8. The monoisotopic (exact) mass is 495 g/mol. The number of benzene rings is 1. The van der Waals surface area contributed by atoms with Crippen molar-refractivity contribution in [2.75, 3.05) is 16.8 Å². The van der Waals surface area contributed by atoms with E-state index in [0.29, 0.717) is 30.8 Å². The maximum Gasteiger partial charge on any atom is 0.295 e. The third kappa shape index (κ3) is 4.63. The zero-order valence-corrected chi connectivity index (χ0v) is 19.7. The minimum Gasteiger partial charge on any atom is -0.361 e. The highest BCUT2D eigenvalue weighted by molar-refractivity contribution is 7.91. The Kier molecular flexibility index (Phi) is 6.13. The van der Waals surface area contributed by atoms with Crippen LogP contribution in [0.15, 0.2) is 29.1 Å². The van der Waals surface area contributed by atoms with Crippen molar-refractivity contribution in [3.05, 3.63) is 57.3 Å². The first-order valence-electron chi connectivity index (χ1n) is 10.8. The SMILES string of the molecule is C[C@@H](Nc1nn(C)c(=O)c2nnc(C3CCS(=O)(=O)CC3)cc12)c1cccc(C(C)(F)F)c1F. The van der Waals surface area contributed by atoms with Gasteiger partial charge in [0.15, 0.2) is 11.3 Å². The largest absolute Gasteiger partial charge is 0.361 e. The fraction of sp³-hybridized carbons (Fsp3) is 0.455. The van der Waals surface area contributed by atoms with Crippen molar-refractivity contribution in [2.24, 2.45) is 7.05 Å². The van der Waals surface area contributed by atoms with Gasteiger partial charge >= 0.3 is 0 Å². The second-order valence-electron chi connectivity index (χ2n) is 8.70. The maximum absolute atomic E-state index is 14.9. The lowest BCUT2D eigenvalue weighted by atomic mass is 9.97. The Hall–Kier alpha value is -3.02. The van der Waals surface area contributed by atoms with Gasteiger partial charge in [-0.25, -0.2) is 26.3 Å². The van der Waals surface area contributed by atoms with Crippen LogP contribution in [0.2, 0.25) is 0 Å². The summed E-state index contributed by atoms with van der Waals surface area (Å²) in [4.78, 5) is 12.6. The van der Waals surface area contributed by atoms with Gasteiger partial charge in [0, 0.05) is 25.5 Å². The predicted molar refractivity (Wildman–Crippen MR) is 121 cm³/mol. The van der Waals surface area contributed by atoms with Gasteiger partial charge in [-0.3, -0.25) is 4.79 Å². The van der Waals surface area contributed by atoms with Crippen LogP contribution >= 0.6 is 0 Å². The third-order valence-electron chi connectivity index (χ3n) is 6.11. The molecule has 0 radical (unpaired) electrons. The molecule has 8 nitrogen and oxygen atoms in total. The Morgan fingerprint density at radius 3 is 2.53 bits per heavy atom. The summed E-state index contributed by atoms with van der Waals surface area (Å²) in [5.41, 5.74) is -0.613. The molecule has 3 heterocycles. The summed E-state index contributed by atoms with van der Waals surface area (Å²) in [6.45, 7) is 2.22. The topological polar surface area (TPSA) is 107 Å². The van der Waals surface area contributed by atoms with Crippen molar-refractivity contribution < 1.29 is 21.6 Å². The van der Waals surface area contributed by atoms with Crippen molar-refractivity contribution in [3.63, 3.8) is 0 Å². The first-order chi connectivity index (χ1) is 15.9. The van der Waals surface area contributed by atoms with Gasteiger partial charge in [0.05, 0.1) is 34.2 Å². The fourth-order valence-electron chi connectivity index (χ4n) is 4.15. The number of aromatic nitrogens is 4. The number of nitrogens with one attached hydrogen (secondary N) is 1. The molecule has 0 spiro atoms. The Labute approximate surface area is 194 Å². The van der Waals surface area contributed by atoms with Gasteiger partial charge in [-0.05, 0) is 25.8 Å². The number of hydrogen-bond donors (Lipinski definition) is 1. The molecule has 1 aliphatic heterocycles. The van der Waals surface area contributed by atoms with E-state index in [-0.39, 0.29) is 34.3 Å². The van der Waals surface area contributed by atoms with E-state index in [1.54, 1.807) is 13.0 Å². The van der Waals surface area contributed by atoms with Gasteiger partial charge in [0.25, 0.3) is 11.5 Å². The smallest absolute Gasteiger partial charge is 0.295 e. The van der Waals surface area contributed by atoms with Gasteiger partial charge in [0.1, 0.15) is 15.7 Å². The lowest BCUT2D eigenvalue weighted by Gasteiger charge is -2.22.